The molecule has 0 unspecified atom stereocenters. The molecule has 2 nitrogen and oxygen atoms in total. The number of allylic oxidation sites excluding steroid dienone is 1. The molecule has 0 aromatic carbocycles. The maximum absolute atomic E-state index is 2.85. The predicted molar refractivity (Wildman–Crippen MR) is 69.7 cm³/mol. The van der Waals surface area contributed by atoms with Crippen LogP contribution >= 0.6 is 0 Å². The highest BCUT2D eigenvalue weighted by atomic mass is 15.2. The van der Waals surface area contributed by atoms with Gasteiger partial charge in [0.25, 0.3) is 0 Å². The van der Waals surface area contributed by atoms with E-state index in [1.807, 2.05) is 0 Å². The van der Waals surface area contributed by atoms with Crippen molar-refractivity contribution < 1.29 is 0 Å². The number of nitrogens with zero attached hydrogens (tertiary/aromatic N) is 2. The Morgan fingerprint density at radius 1 is 0.941 bits per heavy atom. The highest BCUT2D eigenvalue weighted by molar-refractivity contribution is 5.05. The van der Waals surface area contributed by atoms with E-state index >= 15 is 0 Å². The first-order valence-electron chi connectivity index (χ1n) is 7.58. The zero-order valence-corrected chi connectivity index (χ0v) is 10.7. The van der Waals surface area contributed by atoms with Crippen LogP contribution in [0.25, 0.3) is 0 Å². The van der Waals surface area contributed by atoms with Crippen LogP contribution in [-0.2, 0) is 0 Å². The summed E-state index contributed by atoms with van der Waals surface area (Å²) in [5.41, 5.74) is 0. The molecule has 0 aromatic heterocycles. The summed E-state index contributed by atoms with van der Waals surface area (Å²) >= 11 is 0. The first kappa shape index (κ1) is 10.4. The first-order chi connectivity index (χ1) is 8.42. The Morgan fingerprint density at radius 2 is 1.88 bits per heavy atom. The number of fused-ring (bicyclic) bond motifs is 6. The van der Waals surface area contributed by atoms with Crippen molar-refractivity contribution in [1.82, 2.24) is 9.80 Å². The van der Waals surface area contributed by atoms with Crippen molar-refractivity contribution in [1.29, 1.82) is 0 Å². The van der Waals surface area contributed by atoms with E-state index in [0.717, 1.165) is 23.9 Å². The third-order valence-corrected chi connectivity index (χ3v) is 5.62. The molecule has 0 amide bonds. The van der Waals surface area contributed by atoms with Gasteiger partial charge in [-0.05, 0) is 56.7 Å². The highest BCUT2D eigenvalue weighted by Crippen LogP contribution is 2.42. The quantitative estimate of drug-likeness (QED) is 0.633. The van der Waals surface area contributed by atoms with Crippen molar-refractivity contribution in [2.75, 3.05) is 19.6 Å². The summed E-state index contributed by atoms with van der Waals surface area (Å²) in [6, 6.07) is 1.80. The fourth-order valence-corrected chi connectivity index (χ4v) is 4.90. The van der Waals surface area contributed by atoms with Crippen LogP contribution in [0.2, 0.25) is 0 Å². The van der Waals surface area contributed by atoms with Crippen LogP contribution < -0.4 is 0 Å². The Hall–Kier alpha value is -0.500. The van der Waals surface area contributed by atoms with Crippen molar-refractivity contribution in [2.45, 2.75) is 50.6 Å². The Bertz CT molecular complexity index is 325. The van der Waals surface area contributed by atoms with Crippen molar-refractivity contribution in [2.24, 2.45) is 11.8 Å². The van der Waals surface area contributed by atoms with Gasteiger partial charge in [0.1, 0.15) is 0 Å². The van der Waals surface area contributed by atoms with E-state index in [1.54, 1.807) is 0 Å². The summed E-state index contributed by atoms with van der Waals surface area (Å²) in [7, 11) is 0. The van der Waals surface area contributed by atoms with Crippen LogP contribution in [0.1, 0.15) is 38.5 Å². The van der Waals surface area contributed by atoms with Crippen LogP contribution in [0.4, 0.5) is 0 Å². The van der Waals surface area contributed by atoms with Crippen LogP contribution in [0.5, 0.6) is 0 Å². The zero-order valence-electron chi connectivity index (χ0n) is 10.7. The molecule has 0 spiro atoms. The smallest absolute Gasteiger partial charge is 0.0327 e. The molecule has 0 radical (unpaired) electrons. The topological polar surface area (TPSA) is 6.48 Å². The van der Waals surface area contributed by atoms with Gasteiger partial charge in [-0.2, -0.15) is 0 Å². The van der Waals surface area contributed by atoms with Crippen LogP contribution in [0, 0.1) is 11.8 Å². The normalized spacial score (nSPS) is 45.3. The molecule has 4 heterocycles. The lowest BCUT2D eigenvalue weighted by molar-refractivity contribution is -0.0495. The molecular weight excluding hydrogens is 208 g/mol. The predicted octanol–water partition coefficient (Wildman–Crippen LogP) is 2.47. The molecular formula is C15H24N2. The van der Waals surface area contributed by atoms with Crippen LogP contribution in [0.15, 0.2) is 12.3 Å². The number of hydrogen-bond donors (Lipinski definition) is 0. The van der Waals surface area contributed by atoms with Crippen molar-refractivity contribution in [3.63, 3.8) is 0 Å². The number of hydrogen-bond acceptors (Lipinski definition) is 2. The van der Waals surface area contributed by atoms with E-state index < -0.39 is 0 Å². The summed E-state index contributed by atoms with van der Waals surface area (Å²) in [4.78, 5) is 5.53. The second-order valence-corrected chi connectivity index (χ2v) is 6.54. The molecule has 3 fully saturated rings. The lowest BCUT2D eigenvalue weighted by atomic mass is 9.71. The summed E-state index contributed by atoms with van der Waals surface area (Å²) in [6.07, 6.45) is 13.4. The average molecular weight is 232 g/mol. The van der Waals surface area contributed by atoms with Gasteiger partial charge in [-0.25, -0.2) is 0 Å². The van der Waals surface area contributed by atoms with E-state index in [-0.39, 0.29) is 0 Å². The number of rotatable bonds is 0. The number of piperidine rings is 3. The second kappa shape index (κ2) is 4.01. The summed E-state index contributed by atoms with van der Waals surface area (Å²) in [5.74, 6) is 1.93. The van der Waals surface area contributed by atoms with Crippen molar-refractivity contribution >= 4 is 0 Å². The Morgan fingerprint density at radius 3 is 2.88 bits per heavy atom. The van der Waals surface area contributed by atoms with Gasteiger partial charge in [-0.1, -0.05) is 12.5 Å². The van der Waals surface area contributed by atoms with Gasteiger partial charge in [0.15, 0.2) is 0 Å². The highest BCUT2D eigenvalue weighted by Gasteiger charge is 2.45. The lowest BCUT2D eigenvalue weighted by Crippen LogP contribution is -2.61. The van der Waals surface area contributed by atoms with Gasteiger partial charge in [0.2, 0.25) is 0 Å². The van der Waals surface area contributed by atoms with E-state index in [4.69, 9.17) is 0 Å². The molecule has 17 heavy (non-hydrogen) atoms. The Kier molecular flexibility index (Phi) is 2.46. The maximum atomic E-state index is 2.85. The van der Waals surface area contributed by atoms with Gasteiger partial charge >= 0.3 is 0 Å². The summed E-state index contributed by atoms with van der Waals surface area (Å²) < 4.78 is 0. The monoisotopic (exact) mass is 232 g/mol. The molecule has 4 aliphatic heterocycles. The molecule has 0 aromatic rings. The molecule has 2 heteroatoms. The minimum atomic E-state index is 0.874. The molecule has 3 saturated heterocycles. The van der Waals surface area contributed by atoms with Crippen LogP contribution in [-0.4, -0.2) is 41.5 Å². The zero-order chi connectivity index (χ0) is 11.2. The Balaban J connectivity index is 1.59. The molecule has 4 rings (SSSR count). The third-order valence-electron chi connectivity index (χ3n) is 5.62. The van der Waals surface area contributed by atoms with E-state index in [0.29, 0.717) is 0 Å². The fraction of sp³-hybridized carbons (Fsp3) is 0.867. The summed E-state index contributed by atoms with van der Waals surface area (Å²) in [5, 5.41) is 0. The minimum absolute atomic E-state index is 0.874. The molecule has 2 bridgehead atoms. The average Bonchev–Trinajstić information content (AvgIpc) is 2.39. The van der Waals surface area contributed by atoms with Crippen molar-refractivity contribution in [3.05, 3.63) is 12.3 Å². The van der Waals surface area contributed by atoms with E-state index in [2.05, 4.69) is 22.1 Å². The minimum Gasteiger partial charge on any atom is -0.374 e. The standard InChI is InChI=1S/C15H24N2/c1-3-7-16-11-13-9-12(14(16)5-1)10-17-8-4-2-6-15(13)17/h3,7,12-15H,1-2,4-6,8-11H2/t12-,13-,14+,15-/m0/s1. The molecule has 0 N–H and O–H groups in total. The molecule has 0 aliphatic carbocycles. The van der Waals surface area contributed by atoms with Gasteiger partial charge in [0.05, 0.1) is 0 Å². The molecule has 0 saturated carbocycles. The molecule has 4 atom stereocenters. The van der Waals surface area contributed by atoms with Gasteiger partial charge in [-0.15, -0.1) is 0 Å². The largest absolute Gasteiger partial charge is 0.374 e. The maximum Gasteiger partial charge on any atom is 0.0327 e. The van der Waals surface area contributed by atoms with Crippen molar-refractivity contribution in [3.8, 4) is 0 Å². The molecule has 4 aliphatic rings. The van der Waals surface area contributed by atoms with Gasteiger partial charge < -0.3 is 4.90 Å². The van der Waals surface area contributed by atoms with E-state index in [1.165, 1.54) is 58.2 Å². The molecule has 94 valence electrons. The van der Waals surface area contributed by atoms with E-state index in [9.17, 15) is 0 Å². The SMILES string of the molecule is C1=CN2C[C@@H]3C[C@@H](CN4CCCC[C@@H]34)[C@H]2CC1. The summed E-state index contributed by atoms with van der Waals surface area (Å²) in [6.45, 7) is 4.13. The third kappa shape index (κ3) is 1.64. The fourth-order valence-electron chi connectivity index (χ4n) is 4.90. The Labute approximate surface area is 105 Å². The van der Waals surface area contributed by atoms with Gasteiger partial charge in [-0.3, -0.25) is 4.90 Å². The first-order valence-corrected chi connectivity index (χ1v) is 7.58. The van der Waals surface area contributed by atoms with Crippen LogP contribution in [0.3, 0.4) is 0 Å². The second-order valence-electron chi connectivity index (χ2n) is 6.54. The van der Waals surface area contributed by atoms with Gasteiger partial charge in [0, 0.05) is 25.2 Å². The lowest BCUT2D eigenvalue weighted by Gasteiger charge is -2.56.